The van der Waals surface area contributed by atoms with Crippen LogP contribution in [0.5, 0.6) is 0 Å². The van der Waals surface area contributed by atoms with Crippen molar-refractivity contribution in [1.82, 2.24) is 14.3 Å². The minimum atomic E-state index is -3.62. The van der Waals surface area contributed by atoms with Gasteiger partial charge in [0.2, 0.25) is 10.0 Å². The van der Waals surface area contributed by atoms with Crippen molar-refractivity contribution in [1.29, 1.82) is 0 Å². The monoisotopic (exact) mass is 361 g/mol. The lowest BCUT2D eigenvalue weighted by molar-refractivity contribution is 0.0690. The molecule has 2 N–H and O–H groups in total. The molecule has 0 saturated carbocycles. The van der Waals surface area contributed by atoms with E-state index in [4.69, 9.17) is 9.84 Å². The summed E-state index contributed by atoms with van der Waals surface area (Å²) in [5, 5.41) is 10.4. The average molecular weight is 361 g/mol. The third-order valence-corrected chi connectivity index (χ3v) is 6.18. The number of sulfonamides is 1. The van der Waals surface area contributed by atoms with E-state index >= 15 is 0 Å². The highest BCUT2D eigenvalue weighted by Gasteiger charge is 2.26. The van der Waals surface area contributed by atoms with Crippen LogP contribution in [-0.2, 0) is 14.8 Å². The predicted octanol–water partition coefficient (Wildman–Crippen LogP) is 1.44. The zero-order valence-electron chi connectivity index (χ0n) is 13.1. The summed E-state index contributed by atoms with van der Waals surface area (Å²) in [6.07, 6.45) is 1.44. The van der Waals surface area contributed by atoms with Crippen molar-refractivity contribution in [2.75, 3.05) is 26.3 Å². The number of morpholine rings is 1. The number of rotatable bonds is 3. The predicted molar refractivity (Wildman–Crippen MR) is 90.1 cm³/mol. The van der Waals surface area contributed by atoms with Gasteiger partial charge in [0.15, 0.2) is 0 Å². The number of H-pyrrole nitrogens is 1. The molecule has 1 saturated heterocycles. The summed E-state index contributed by atoms with van der Waals surface area (Å²) in [6, 6.07) is 6.25. The number of nitrogens with one attached hydrogen (secondary N) is 1. The van der Waals surface area contributed by atoms with Gasteiger partial charge < -0.3 is 14.8 Å². The molecule has 1 aliphatic heterocycles. The Morgan fingerprint density at radius 2 is 1.88 bits per heavy atom. The average Bonchev–Trinajstić information content (AvgIpc) is 2.99. The quantitative estimate of drug-likeness (QED) is 0.730. The normalized spacial score (nSPS) is 16.5. The molecule has 25 heavy (non-hydrogen) atoms. The minimum absolute atomic E-state index is 0.0881. The van der Waals surface area contributed by atoms with Crippen LogP contribution in [0, 0.1) is 0 Å². The number of fused-ring (bicyclic) bond motifs is 3. The number of nitrogens with zero attached hydrogens (tertiary/aromatic N) is 2. The number of aromatic nitrogens is 2. The van der Waals surface area contributed by atoms with Crippen molar-refractivity contribution < 1.29 is 23.1 Å². The number of carbonyl (C=O) groups is 1. The first-order valence-electron chi connectivity index (χ1n) is 7.69. The Bertz CT molecular complexity index is 1080. The van der Waals surface area contributed by atoms with Crippen molar-refractivity contribution >= 4 is 37.8 Å². The number of pyridine rings is 1. The van der Waals surface area contributed by atoms with Crippen molar-refractivity contribution in [3.63, 3.8) is 0 Å². The van der Waals surface area contributed by atoms with Crippen LogP contribution < -0.4 is 0 Å². The Morgan fingerprint density at radius 1 is 1.16 bits per heavy atom. The number of carboxylic acid groups (broad SMARTS) is 1. The summed E-state index contributed by atoms with van der Waals surface area (Å²) in [5.74, 6) is -1.13. The number of benzene rings is 1. The maximum atomic E-state index is 12.8. The summed E-state index contributed by atoms with van der Waals surface area (Å²) in [6.45, 7) is 1.40. The highest BCUT2D eigenvalue weighted by Crippen LogP contribution is 2.29. The molecule has 0 bridgehead atoms. The van der Waals surface area contributed by atoms with E-state index in [0.29, 0.717) is 42.6 Å². The lowest BCUT2D eigenvalue weighted by Gasteiger charge is -2.26. The fraction of sp³-hybridized carbons (Fsp3) is 0.250. The molecule has 0 amide bonds. The number of aromatic carboxylic acids is 1. The molecule has 0 radical (unpaired) electrons. The number of carboxylic acids is 1. The van der Waals surface area contributed by atoms with Crippen molar-refractivity contribution in [2.45, 2.75) is 4.90 Å². The maximum absolute atomic E-state index is 12.8. The second kappa shape index (κ2) is 5.80. The minimum Gasteiger partial charge on any atom is -0.477 e. The molecular weight excluding hydrogens is 346 g/mol. The van der Waals surface area contributed by atoms with Gasteiger partial charge in [-0.05, 0) is 24.3 Å². The highest BCUT2D eigenvalue weighted by atomic mass is 32.2. The van der Waals surface area contributed by atoms with Gasteiger partial charge in [-0.2, -0.15) is 4.31 Å². The molecule has 1 fully saturated rings. The Morgan fingerprint density at radius 3 is 2.60 bits per heavy atom. The topological polar surface area (TPSA) is 113 Å². The zero-order chi connectivity index (χ0) is 17.6. The van der Waals surface area contributed by atoms with Crippen LogP contribution in [0.15, 0.2) is 35.4 Å². The van der Waals surface area contributed by atoms with Crippen LogP contribution in [-0.4, -0.2) is 60.1 Å². The van der Waals surface area contributed by atoms with E-state index in [0.717, 1.165) is 5.52 Å². The third kappa shape index (κ3) is 2.66. The summed E-state index contributed by atoms with van der Waals surface area (Å²) >= 11 is 0. The first-order valence-corrected chi connectivity index (χ1v) is 9.13. The summed E-state index contributed by atoms with van der Waals surface area (Å²) < 4.78 is 32.2. The van der Waals surface area contributed by atoms with Gasteiger partial charge >= 0.3 is 5.97 Å². The van der Waals surface area contributed by atoms with E-state index in [2.05, 4.69) is 9.97 Å². The van der Waals surface area contributed by atoms with Crippen LogP contribution in [0.1, 0.15) is 10.5 Å². The molecular formula is C16H15N3O5S. The SMILES string of the molecule is O=C(O)c1cc2c(cn1)[nH]c1ccc(S(=O)(=O)N3CCOCC3)cc12. The van der Waals surface area contributed by atoms with Gasteiger partial charge in [0.05, 0.1) is 29.8 Å². The number of hydrogen-bond donors (Lipinski definition) is 2. The fourth-order valence-electron chi connectivity index (χ4n) is 2.99. The van der Waals surface area contributed by atoms with Gasteiger partial charge in [-0.15, -0.1) is 0 Å². The molecule has 1 aliphatic rings. The Labute approximate surface area is 143 Å². The Kier molecular flexibility index (Phi) is 3.71. The van der Waals surface area contributed by atoms with E-state index in [1.54, 1.807) is 18.2 Å². The summed E-state index contributed by atoms with van der Waals surface area (Å²) in [7, 11) is -3.62. The molecule has 0 aliphatic carbocycles. The molecule has 9 heteroatoms. The maximum Gasteiger partial charge on any atom is 0.354 e. The standard InChI is InChI=1S/C16H15N3O5S/c20-16(21)14-8-12-11-7-10(1-2-13(11)18-15(12)9-17-14)25(22,23)19-3-5-24-6-4-19/h1-2,7-9,18H,3-6H2,(H,20,21). The lowest BCUT2D eigenvalue weighted by atomic mass is 10.1. The van der Waals surface area contributed by atoms with Gasteiger partial charge in [0.1, 0.15) is 5.69 Å². The Hall–Kier alpha value is -2.49. The lowest BCUT2D eigenvalue weighted by Crippen LogP contribution is -2.40. The van der Waals surface area contributed by atoms with Crippen LogP contribution in [0.3, 0.4) is 0 Å². The van der Waals surface area contributed by atoms with Crippen molar-refractivity contribution in [3.8, 4) is 0 Å². The zero-order valence-corrected chi connectivity index (χ0v) is 13.9. The fourth-order valence-corrected chi connectivity index (χ4v) is 4.43. The molecule has 0 unspecified atom stereocenters. The highest BCUT2D eigenvalue weighted by molar-refractivity contribution is 7.89. The number of ether oxygens (including phenoxy) is 1. The van der Waals surface area contributed by atoms with Crippen molar-refractivity contribution in [2.24, 2.45) is 0 Å². The molecule has 0 atom stereocenters. The molecule has 3 aromatic rings. The van der Waals surface area contributed by atoms with Crippen LogP contribution in [0.2, 0.25) is 0 Å². The molecule has 0 spiro atoms. The second-order valence-electron chi connectivity index (χ2n) is 5.77. The number of aromatic amines is 1. The van der Waals surface area contributed by atoms with E-state index in [1.807, 2.05) is 0 Å². The first kappa shape index (κ1) is 16.0. The second-order valence-corrected chi connectivity index (χ2v) is 7.71. The molecule has 4 rings (SSSR count). The molecule has 130 valence electrons. The third-order valence-electron chi connectivity index (χ3n) is 4.28. The van der Waals surface area contributed by atoms with Crippen LogP contribution >= 0.6 is 0 Å². The largest absolute Gasteiger partial charge is 0.477 e. The first-order chi connectivity index (χ1) is 12.0. The number of hydrogen-bond acceptors (Lipinski definition) is 5. The smallest absolute Gasteiger partial charge is 0.354 e. The van der Waals surface area contributed by atoms with Crippen LogP contribution in [0.4, 0.5) is 0 Å². The van der Waals surface area contributed by atoms with E-state index in [9.17, 15) is 13.2 Å². The van der Waals surface area contributed by atoms with E-state index in [1.165, 1.54) is 16.6 Å². The van der Waals surface area contributed by atoms with Gasteiger partial charge in [-0.3, -0.25) is 0 Å². The van der Waals surface area contributed by atoms with Crippen LogP contribution in [0.25, 0.3) is 21.8 Å². The summed E-state index contributed by atoms with van der Waals surface area (Å²) in [4.78, 5) is 18.3. The molecule has 3 heterocycles. The van der Waals surface area contributed by atoms with Gasteiger partial charge in [-0.25, -0.2) is 18.2 Å². The van der Waals surface area contributed by atoms with Gasteiger partial charge in [-0.1, -0.05) is 0 Å². The van der Waals surface area contributed by atoms with Gasteiger partial charge in [0.25, 0.3) is 0 Å². The summed E-state index contributed by atoms with van der Waals surface area (Å²) in [5.41, 5.74) is 1.29. The van der Waals surface area contributed by atoms with Crippen molar-refractivity contribution in [3.05, 3.63) is 36.2 Å². The van der Waals surface area contributed by atoms with E-state index in [-0.39, 0.29) is 10.6 Å². The molecule has 8 nitrogen and oxygen atoms in total. The van der Waals surface area contributed by atoms with E-state index < -0.39 is 16.0 Å². The molecule has 1 aromatic carbocycles. The molecule has 2 aromatic heterocycles. The van der Waals surface area contributed by atoms with Gasteiger partial charge in [0, 0.05) is 29.4 Å². The Balaban J connectivity index is 1.87.